The Morgan fingerprint density at radius 2 is 1.75 bits per heavy atom. The van der Waals surface area contributed by atoms with Crippen LogP contribution in [0.1, 0.15) is 33.4 Å². The van der Waals surface area contributed by atoms with E-state index in [4.69, 9.17) is 4.42 Å². The summed E-state index contributed by atoms with van der Waals surface area (Å²) in [6.07, 6.45) is 3.28. The van der Waals surface area contributed by atoms with Gasteiger partial charge in [-0.05, 0) is 48.9 Å². The zero-order valence-electron chi connectivity index (χ0n) is 15.0. The monoisotopic (exact) mass is 369 g/mol. The molecule has 0 N–H and O–H groups in total. The highest BCUT2D eigenvalue weighted by molar-refractivity contribution is 6.10. The SMILES string of the molecule is Cc1cccc(N2C(=O)c3oc4ccccc4c(=O)c3[C@H]2c2ccncc2)n1. The molecule has 0 unspecified atom stereocenters. The van der Waals surface area contributed by atoms with Crippen LogP contribution in [0, 0.1) is 6.92 Å². The van der Waals surface area contributed by atoms with Crippen molar-refractivity contribution in [1.29, 1.82) is 0 Å². The van der Waals surface area contributed by atoms with Crippen LogP contribution in [0.2, 0.25) is 0 Å². The van der Waals surface area contributed by atoms with Crippen LogP contribution >= 0.6 is 0 Å². The van der Waals surface area contributed by atoms with Gasteiger partial charge in [0.15, 0.2) is 5.43 Å². The molecular formula is C22H15N3O3. The van der Waals surface area contributed by atoms with Gasteiger partial charge in [0.1, 0.15) is 11.4 Å². The predicted octanol–water partition coefficient (Wildman–Crippen LogP) is 3.64. The highest BCUT2D eigenvalue weighted by Gasteiger charge is 2.44. The third kappa shape index (κ3) is 2.35. The van der Waals surface area contributed by atoms with Crippen LogP contribution in [-0.2, 0) is 0 Å². The molecule has 4 aromatic rings. The minimum atomic E-state index is -0.624. The Hall–Kier alpha value is -3.80. The molecule has 4 heterocycles. The number of rotatable bonds is 2. The summed E-state index contributed by atoms with van der Waals surface area (Å²) in [5.41, 5.74) is 2.07. The number of hydrogen-bond acceptors (Lipinski definition) is 5. The van der Waals surface area contributed by atoms with Crippen molar-refractivity contribution < 1.29 is 9.21 Å². The molecular weight excluding hydrogens is 354 g/mol. The summed E-state index contributed by atoms with van der Waals surface area (Å²) in [6.45, 7) is 1.86. The molecule has 1 atom stereocenters. The number of fused-ring (bicyclic) bond motifs is 2. The van der Waals surface area contributed by atoms with E-state index in [1.165, 1.54) is 4.90 Å². The second-order valence-corrected chi connectivity index (χ2v) is 6.67. The molecule has 136 valence electrons. The molecule has 1 aromatic carbocycles. The average Bonchev–Trinajstić information content (AvgIpc) is 3.02. The van der Waals surface area contributed by atoms with Crippen LogP contribution in [0.25, 0.3) is 11.0 Å². The van der Waals surface area contributed by atoms with E-state index in [1.807, 2.05) is 19.1 Å². The van der Waals surface area contributed by atoms with Gasteiger partial charge in [-0.15, -0.1) is 0 Å². The first-order chi connectivity index (χ1) is 13.6. The second-order valence-electron chi connectivity index (χ2n) is 6.67. The third-order valence-corrected chi connectivity index (χ3v) is 4.92. The topological polar surface area (TPSA) is 76.3 Å². The van der Waals surface area contributed by atoms with Gasteiger partial charge in [-0.1, -0.05) is 18.2 Å². The van der Waals surface area contributed by atoms with E-state index in [-0.39, 0.29) is 17.1 Å². The fourth-order valence-corrected chi connectivity index (χ4v) is 3.68. The number of carbonyl (C=O) groups is 1. The summed E-state index contributed by atoms with van der Waals surface area (Å²) in [4.78, 5) is 36.7. The molecule has 28 heavy (non-hydrogen) atoms. The van der Waals surface area contributed by atoms with Crippen molar-refractivity contribution in [3.05, 3.63) is 99.8 Å². The van der Waals surface area contributed by atoms with Gasteiger partial charge < -0.3 is 4.42 Å². The molecule has 1 amide bonds. The number of carbonyl (C=O) groups excluding carboxylic acids is 1. The fraction of sp³-hybridized carbons (Fsp3) is 0.0909. The van der Waals surface area contributed by atoms with Crippen LogP contribution < -0.4 is 10.3 Å². The molecule has 3 aromatic heterocycles. The van der Waals surface area contributed by atoms with Crippen molar-refractivity contribution in [3.63, 3.8) is 0 Å². The van der Waals surface area contributed by atoms with Crippen LogP contribution in [0.4, 0.5) is 5.82 Å². The highest BCUT2D eigenvalue weighted by atomic mass is 16.3. The van der Waals surface area contributed by atoms with Crippen molar-refractivity contribution >= 4 is 22.7 Å². The number of amides is 1. The van der Waals surface area contributed by atoms with Gasteiger partial charge in [-0.25, -0.2) is 4.98 Å². The first-order valence-corrected chi connectivity index (χ1v) is 8.88. The molecule has 1 aliphatic heterocycles. The molecule has 0 bridgehead atoms. The van der Waals surface area contributed by atoms with Crippen molar-refractivity contribution in [2.75, 3.05) is 4.90 Å². The molecule has 0 aliphatic carbocycles. The number of nitrogens with zero attached hydrogens (tertiary/aromatic N) is 3. The van der Waals surface area contributed by atoms with Gasteiger partial charge >= 0.3 is 0 Å². The largest absolute Gasteiger partial charge is 0.450 e. The van der Waals surface area contributed by atoms with Crippen molar-refractivity contribution in [1.82, 2.24) is 9.97 Å². The maximum absolute atomic E-state index is 13.3. The van der Waals surface area contributed by atoms with Gasteiger partial charge in [0.25, 0.3) is 5.91 Å². The van der Waals surface area contributed by atoms with Crippen molar-refractivity contribution in [2.24, 2.45) is 0 Å². The summed E-state index contributed by atoms with van der Waals surface area (Å²) in [7, 11) is 0. The molecule has 0 spiro atoms. The maximum Gasteiger partial charge on any atom is 0.296 e. The summed E-state index contributed by atoms with van der Waals surface area (Å²) >= 11 is 0. The number of hydrogen-bond donors (Lipinski definition) is 0. The quantitative estimate of drug-likeness (QED) is 0.539. The zero-order chi connectivity index (χ0) is 19.3. The number of aromatic nitrogens is 2. The Balaban J connectivity index is 1.83. The molecule has 0 radical (unpaired) electrons. The summed E-state index contributed by atoms with van der Waals surface area (Å²) < 4.78 is 5.90. The minimum absolute atomic E-state index is 0.0637. The van der Waals surface area contributed by atoms with Gasteiger partial charge in [0, 0.05) is 18.1 Å². The van der Waals surface area contributed by atoms with E-state index >= 15 is 0 Å². The predicted molar refractivity (Wildman–Crippen MR) is 104 cm³/mol. The van der Waals surface area contributed by atoms with Crippen LogP contribution in [0.3, 0.4) is 0 Å². The number of pyridine rings is 2. The number of benzene rings is 1. The van der Waals surface area contributed by atoms with Crippen molar-refractivity contribution in [2.45, 2.75) is 13.0 Å². The fourth-order valence-electron chi connectivity index (χ4n) is 3.68. The van der Waals surface area contributed by atoms with E-state index in [1.54, 1.807) is 54.9 Å². The maximum atomic E-state index is 13.3. The molecule has 6 nitrogen and oxygen atoms in total. The molecule has 5 rings (SSSR count). The third-order valence-electron chi connectivity index (χ3n) is 4.92. The normalized spacial score (nSPS) is 15.8. The summed E-state index contributed by atoms with van der Waals surface area (Å²) in [5.74, 6) is 0.160. The Bertz CT molecular complexity index is 1280. The first-order valence-electron chi connectivity index (χ1n) is 8.88. The molecule has 0 saturated carbocycles. The van der Waals surface area contributed by atoms with Crippen LogP contribution in [0.15, 0.2) is 76.2 Å². The average molecular weight is 369 g/mol. The Morgan fingerprint density at radius 1 is 0.964 bits per heavy atom. The summed E-state index contributed by atoms with van der Waals surface area (Å²) in [5, 5.41) is 0.451. The molecule has 0 fully saturated rings. The minimum Gasteiger partial charge on any atom is -0.450 e. The van der Waals surface area contributed by atoms with E-state index in [9.17, 15) is 9.59 Å². The molecule has 0 saturated heterocycles. The van der Waals surface area contributed by atoms with E-state index in [2.05, 4.69) is 9.97 Å². The van der Waals surface area contributed by atoms with Gasteiger partial charge in [-0.3, -0.25) is 19.5 Å². The number of aryl methyl sites for hydroxylation is 1. The van der Waals surface area contributed by atoms with Gasteiger partial charge in [0.2, 0.25) is 5.76 Å². The lowest BCUT2D eigenvalue weighted by molar-refractivity contribution is 0.0970. The second kappa shape index (κ2) is 6.13. The smallest absolute Gasteiger partial charge is 0.296 e. The Morgan fingerprint density at radius 3 is 2.54 bits per heavy atom. The Labute approximate surface area is 160 Å². The number of anilines is 1. The van der Waals surface area contributed by atoms with Crippen LogP contribution in [0.5, 0.6) is 0 Å². The van der Waals surface area contributed by atoms with Gasteiger partial charge in [0.05, 0.1) is 17.0 Å². The van der Waals surface area contributed by atoms with E-state index in [0.29, 0.717) is 22.4 Å². The molecule has 1 aliphatic rings. The van der Waals surface area contributed by atoms with Crippen LogP contribution in [-0.4, -0.2) is 15.9 Å². The lowest BCUT2D eigenvalue weighted by Gasteiger charge is -2.24. The van der Waals surface area contributed by atoms with Crippen molar-refractivity contribution in [3.8, 4) is 0 Å². The van der Waals surface area contributed by atoms with E-state index < -0.39 is 6.04 Å². The lowest BCUT2D eigenvalue weighted by Crippen LogP contribution is -2.30. The number of para-hydroxylation sites is 1. The lowest BCUT2D eigenvalue weighted by atomic mass is 9.99. The van der Waals surface area contributed by atoms with E-state index in [0.717, 1.165) is 11.3 Å². The first kappa shape index (κ1) is 16.4. The Kier molecular flexibility index (Phi) is 3.58. The zero-order valence-corrected chi connectivity index (χ0v) is 15.0. The highest BCUT2D eigenvalue weighted by Crippen LogP contribution is 2.40. The summed E-state index contributed by atoms with van der Waals surface area (Å²) in [6, 6.07) is 15.4. The standard InChI is InChI=1S/C22H15N3O3/c1-13-5-4-8-17(24-13)25-19(14-9-11-23-12-10-14)18-20(26)15-6-2-3-7-16(15)28-21(18)22(25)27/h2-12,19H,1H3/t19-/m1/s1. The molecule has 6 heteroatoms. The van der Waals surface area contributed by atoms with Gasteiger partial charge in [-0.2, -0.15) is 0 Å².